The van der Waals surface area contributed by atoms with E-state index < -0.39 is 0 Å². The lowest BCUT2D eigenvalue weighted by Crippen LogP contribution is -2.45. The molecule has 1 aliphatic rings. The first-order valence-electron chi connectivity index (χ1n) is 9.77. The molecule has 1 saturated carbocycles. The molecule has 0 unspecified atom stereocenters. The van der Waals surface area contributed by atoms with Crippen molar-refractivity contribution >= 4 is 11.8 Å². The molecule has 2 aromatic rings. The van der Waals surface area contributed by atoms with Crippen LogP contribution in [0.2, 0.25) is 0 Å². The second kappa shape index (κ2) is 8.85. The van der Waals surface area contributed by atoms with Crippen LogP contribution in [0.5, 0.6) is 0 Å². The number of hydrogen-bond acceptors (Lipinski definition) is 2. The first-order chi connectivity index (χ1) is 13.1. The number of aryl methyl sites for hydroxylation is 1. The van der Waals surface area contributed by atoms with Crippen molar-refractivity contribution in [2.45, 2.75) is 44.4 Å². The highest BCUT2D eigenvalue weighted by Gasteiger charge is 2.34. The van der Waals surface area contributed by atoms with Gasteiger partial charge in [0.15, 0.2) is 0 Å². The Balaban J connectivity index is 1.57. The fourth-order valence-electron chi connectivity index (χ4n) is 4.00. The predicted octanol–water partition coefficient (Wildman–Crippen LogP) is 3.74. The van der Waals surface area contributed by atoms with Gasteiger partial charge in [-0.15, -0.1) is 0 Å². The van der Waals surface area contributed by atoms with Crippen LogP contribution in [0.4, 0.5) is 0 Å². The Labute approximate surface area is 161 Å². The highest BCUT2D eigenvalue weighted by Crippen LogP contribution is 2.38. The van der Waals surface area contributed by atoms with Crippen molar-refractivity contribution in [3.05, 3.63) is 71.3 Å². The highest BCUT2D eigenvalue weighted by atomic mass is 16.2. The predicted molar refractivity (Wildman–Crippen MR) is 108 cm³/mol. The van der Waals surface area contributed by atoms with Gasteiger partial charge < -0.3 is 10.6 Å². The maximum absolute atomic E-state index is 12.4. The van der Waals surface area contributed by atoms with Gasteiger partial charge in [0.05, 0.1) is 6.54 Å². The zero-order chi connectivity index (χ0) is 19.1. The molecule has 0 saturated heterocycles. The van der Waals surface area contributed by atoms with Crippen LogP contribution in [-0.2, 0) is 10.2 Å². The molecule has 1 fully saturated rings. The number of benzene rings is 2. The molecule has 3 rings (SSSR count). The number of nitrogens with one attached hydrogen (secondary N) is 2. The summed E-state index contributed by atoms with van der Waals surface area (Å²) in [6, 6.07) is 17.9. The van der Waals surface area contributed by atoms with E-state index in [-0.39, 0.29) is 23.8 Å². The molecule has 1 aliphatic carbocycles. The summed E-state index contributed by atoms with van der Waals surface area (Å²) in [6.07, 6.45) is 5.82. The lowest BCUT2D eigenvalue weighted by Gasteiger charge is -2.38. The third kappa shape index (κ3) is 4.76. The second-order valence-corrected chi connectivity index (χ2v) is 7.48. The van der Waals surface area contributed by atoms with Gasteiger partial charge in [-0.3, -0.25) is 9.59 Å². The summed E-state index contributed by atoms with van der Waals surface area (Å²) in [6.45, 7) is 2.51. The van der Waals surface area contributed by atoms with Crippen LogP contribution in [-0.4, -0.2) is 24.9 Å². The van der Waals surface area contributed by atoms with Crippen LogP contribution in [0, 0.1) is 6.92 Å². The van der Waals surface area contributed by atoms with Crippen LogP contribution in [0.25, 0.3) is 0 Å². The molecule has 27 heavy (non-hydrogen) atoms. The van der Waals surface area contributed by atoms with Gasteiger partial charge in [0.2, 0.25) is 5.91 Å². The third-order valence-corrected chi connectivity index (χ3v) is 5.62. The van der Waals surface area contributed by atoms with Gasteiger partial charge in [-0.05, 0) is 37.0 Å². The lowest BCUT2D eigenvalue weighted by atomic mass is 9.69. The topological polar surface area (TPSA) is 58.2 Å². The minimum absolute atomic E-state index is 0.00195. The monoisotopic (exact) mass is 364 g/mol. The van der Waals surface area contributed by atoms with Crippen LogP contribution in [0.3, 0.4) is 0 Å². The van der Waals surface area contributed by atoms with Gasteiger partial charge >= 0.3 is 0 Å². The maximum atomic E-state index is 12.4. The number of rotatable bonds is 6. The molecule has 2 aromatic carbocycles. The fraction of sp³-hybridized carbons (Fsp3) is 0.391. The van der Waals surface area contributed by atoms with Crippen molar-refractivity contribution in [2.24, 2.45) is 0 Å². The molecule has 0 aromatic heterocycles. The van der Waals surface area contributed by atoms with Gasteiger partial charge in [0.1, 0.15) is 0 Å². The molecular formula is C23H28N2O2. The summed E-state index contributed by atoms with van der Waals surface area (Å²) in [7, 11) is 0. The largest absolute Gasteiger partial charge is 0.354 e. The average Bonchev–Trinajstić information content (AvgIpc) is 2.72. The van der Waals surface area contributed by atoms with E-state index in [1.807, 2.05) is 31.2 Å². The molecule has 0 heterocycles. The smallest absolute Gasteiger partial charge is 0.251 e. The molecule has 142 valence electrons. The number of amides is 2. The summed E-state index contributed by atoms with van der Waals surface area (Å²) in [5.41, 5.74) is 2.82. The van der Waals surface area contributed by atoms with Crippen molar-refractivity contribution in [3.63, 3.8) is 0 Å². The summed E-state index contributed by atoms with van der Waals surface area (Å²) in [5, 5.41) is 5.79. The highest BCUT2D eigenvalue weighted by molar-refractivity contribution is 5.97. The van der Waals surface area contributed by atoms with E-state index in [1.165, 1.54) is 24.8 Å². The van der Waals surface area contributed by atoms with Gasteiger partial charge in [0, 0.05) is 17.5 Å². The molecule has 4 nitrogen and oxygen atoms in total. The quantitative estimate of drug-likeness (QED) is 0.820. The Hall–Kier alpha value is -2.62. The van der Waals surface area contributed by atoms with E-state index in [9.17, 15) is 9.59 Å². The Morgan fingerprint density at radius 2 is 1.56 bits per heavy atom. The third-order valence-electron chi connectivity index (χ3n) is 5.62. The Morgan fingerprint density at radius 1 is 0.889 bits per heavy atom. The summed E-state index contributed by atoms with van der Waals surface area (Å²) >= 11 is 0. The maximum Gasteiger partial charge on any atom is 0.251 e. The zero-order valence-corrected chi connectivity index (χ0v) is 16.0. The Morgan fingerprint density at radius 3 is 2.26 bits per heavy atom. The normalized spacial score (nSPS) is 15.7. The molecule has 0 spiro atoms. The molecule has 2 N–H and O–H groups in total. The van der Waals surface area contributed by atoms with Crippen molar-refractivity contribution in [1.29, 1.82) is 0 Å². The average molecular weight is 364 g/mol. The van der Waals surface area contributed by atoms with Crippen molar-refractivity contribution in [1.82, 2.24) is 10.6 Å². The second-order valence-electron chi connectivity index (χ2n) is 7.48. The summed E-state index contributed by atoms with van der Waals surface area (Å²) in [4.78, 5) is 24.6. The molecule has 0 aliphatic heterocycles. The first kappa shape index (κ1) is 19.2. The minimum atomic E-state index is -0.210. The van der Waals surface area contributed by atoms with E-state index >= 15 is 0 Å². The number of hydrogen-bond donors (Lipinski definition) is 2. The van der Waals surface area contributed by atoms with Crippen LogP contribution in [0.15, 0.2) is 54.6 Å². The SMILES string of the molecule is Cc1ccccc1C(=O)NCC(=O)NCC1(c2ccccc2)CCCCC1. The van der Waals surface area contributed by atoms with Crippen molar-refractivity contribution < 1.29 is 9.59 Å². The van der Waals surface area contributed by atoms with Crippen LogP contribution >= 0.6 is 0 Å². The molecular weight excluding hydrogens is 336 g/mol. The van der Waals surface area contributed by atoms with Crippen molar-refractivity contribution in [2.75, 3.05) is 13.1 Å². The van der Waals surface area contributed by atoms with E-state index in [1.54, 1.807) is 6.07 Å². The standard InChI is InChI=1S/C23H28N2O2/c1-18-10-6-7-13-20(18)22(27)24-16-21(26)25-17-23(14-8-3-9-15-23)19-11-4-2-5-12-19/h2,4-7,10-13H,3,8-9,14-17H2,1H3,(H,24,27)(H,25,26). The Kier molecular flexibility index (Phi) is 6.28. The first-order valence-corrected chi connectivity index (χ1v) is 9.77. The molecule has 4 heteroatoms. The lowest BCUT2D eigenvalue weighted by molar-refractivity contribution is -0.120. The fourth-order valence-corrected chi connectivity index (χ4v) is 4.00. The minimum Gasteiger partial charge on any atom is -0.354 e. The van der Waals surface area contributed by atoms with Gasteiger partial charge in [-0.25, -0.2) is 0 Å². The van der Waals surface area contributed by atoms with Gasteiger partial charge in [0.25, 0.3) is 5.91 Å². The molecule has 0 atom stereocenters. The van der Waals surface area contributed by atoms with E-state index in [0.717, 1.165) is 18.4 Å². The van der Waals surface area contributed by atoms with Gasteiger partial charge in [-0.2, -0.15) is 0 Å². The summed E-state index contributed by atoms with van der Waals surface area (Å²) in [5.74, 6) is -0.350. The van der Waals surface area contributed by atoms with Crippen LogP contribution in [0.1, 0.15) is 53.6 Å². The molecule has 0 bridgehead atoms. The summed E-state index contributed by atoms with van der Waals surface area (Å²) < 4.78 is 0. The molecule has 2 amide bonds. The van der Waals surface area contributed by atoms with Gasteiger partial charge in [-0.1, -0.05) is 67.8 Å². The van der Waals surface area contributed by atoms with E-state index in [0.29, 0.717) is 12.1 Å². The van der Waals surface area contributed by atoms with Crippen molar-refractivity contribution in [3.8, 4) is 0 Å². The van der Waals surface area contributed by atoms with E-state index in [4.69, 9.17) is 0 Å². The van der Waals surface area contributed by atoms with E-state index in [2.05, 4.69) is 34.9 Å². The number of carbonyl (C=O) groups excluding carboxylic acids is 2. The van der Waals surface area contributed by atoms with Crippen LogP contribution < -0.4 is 10.6 Å². The zero-order valence-electron chi connectivity index (χ0n) is 16.0. The Bertz CT molecular complexity index is 780. The number of carbonyl (C=O) groups is 2. The molecule has 0 radical (unpaired) electrons.